The number of benzene rings is 2. The molecular weight excluding hydrogens is 406 g/mol. The number of aryl methyl sites for hydroxylation is 2. The number of amides is 1. The van der Waals surface area contributed by atoms with Crippen LogP contribution in [-0.2, 0) is 0 Å². The third-order valence-corrected chi connectivity index (χ3v) is 5.60. The minimum atomic E-state index is 0.0164. The molecule has 0 unspecified atom stereocenters. The van der Waals surface area contributed by atoms with Crippen LogP contribution in [0, 0.1) is 13.8 Å². The molecule has 1 saturated heterocycles. The molecule has 0 atom stereocenters. The second-order valence-electron chi connectivity index (χ2n) is 7.79. The maximum Gasteiger partial charge on any atom is 0.253 e. The van der Waals surface area contributed by atoms with Crippen LogP contribution < -0.4 is 4.90 Å². The Morgan fingerprint density at radius 1 is 0.938 bits per heavy atom. The summed E-state index contributed by atoms with van der Waals surface area (Å²) in [6.07, 6.45) is 1.74. The number of hydrogen-bond donors (Lipinski definition) is 0. The lowest BCUT2D eigenvalue weighted by Crippen LogP contribution is -2.48. The molecule has 0 aliphatic carbocycles. The van der Waals surface area contributed by atoms with Gasteiger partial charge in [-0.15, -0.1) is 0 Å². The number of piperazine rings is 1. The lowest BCUT2D eigenvalue weighted by atomic mass is 10.1. The second-order valence-corrected chi connectivity index (χ2v) is 7.79. The molecule has 0 N–H and O–H groups in total. The molecule has 0 radical (unpaired) electrons. The fourth-order valence-corrected chi connectivity index (χ4v) is 3.89. The quantitative estimate of drug-likeness (QED) is 0.485. The van der Waals surface area contributed by atoms with Crippen molar-refractivity contribution in [2.75, 3.05) is 31.1 Å². The molecular formula is C24H23N5O3. The number of oxazole rings is 1. The molecule has 0 saturated carbocycles. The first-order valence-corrected chi connectivity index (χ1v) is 10.5. The summed E-state index contributed by atoms with van der Waals surface area (Å²) in [6, 6.07) is 15.6. The smallest absolute Gasteiger partial charge is 0.253 e. The highest BCUT2D eigenvalue weighted by atomic mass is 16.5. The van der Waals surface area contributed by atoms with E-state index in [-0.39, 0.29) is 5.91 Å². The maximum absolute atomic E-state index is 13.1. The number of carbonyl (C=O) groups excluding carboxylic acids is 1. The van der Waals surface area contributed by atoms with Gasteiger partial charge in [-0.2, -0.15) is 4.98 Å². The van der Waals surface area contributed by atoms with Gasteiger partial charge in [0.1, 0.15) is 0 Å². The minimum Gasteiger partial charge on any atom is -0.441 e. The summed E-state index contributed by atoms with van der Waals surface area (Å²) in [4.78, 5) is 25.6. The Hall–Kier alpha value is -3.94. The fraction of sp³-hybridized carbons (Fsp3) is 0.250. The third kappa shape index (κ3) is 3.99. The molecule has 5 rings (SSSR count). The van der Waals surface area contributed by atoms with E-state index in [1.807, 2.05) is 48.2 Å². The van der Waals surface area contributed by atoms with Crippen molar-refractivity contribution >= 4 is 11.6 Å². The summed E-state index contributed by atoms with van der Waals surface area (Å²) in [5.41, 5.74) is 3.53. The van der Waals surface area contributed by atoms with Crippen molar-refractivity contribution in [3.63, 3.8) is 0 Å². The summed E-state index contributed by atoms with van der Waals surface area (Å²) in [5, 5.41) is 3.94. The standard InChI is InChI=1S/C24H23N5O3/c1-16-25-15-22(31-16)18-6-8-21(9-7-18)28-10-12-29(13-11-28)24(30)20-5-3-4-19(14-20)23-26-17(2)32-27-23/h3-9,14-15H,10-13H2,1-2H3. The first-order valence-electron chi connectivity index (χ1n) is 10.5. The predicted molar refractivity (Wildman–Crippen MR) is 119 cm³/mol. The first kappa shape index (κ1) is 20.0. The van der Waals surface area contributed by atoms with Gasteiger partial charge in [0.15, 0.2) is 11.7 Å². The Kier molecular flexibility index (Phi) is 5.18. The van der Waals surface area contributed by atoms with Crippen LogP contribution in [0.4, 0.5) is 5.69 Å². The van der Waals surface area contributed by atoms with Gasteiger partial charge in [-0.3, -0.25) is 4.79 Å². The Morgan fingerprint density at radius 3 is 2.38 bits per heavy atom. The van der Waals surface area contributed by atoms with Crippen LogP contribution in [0.3, 0.4) is 0 Å². The van der Waals surface area contributed by atoms with E-state index in [0.29, 0.717) is 36.3 Å². The predicted octanol–water partition coefficient (Wildman–Crippen LogP) is 3.97. The minimum absolute atomic E-state index is 0.0164. The number of anilines is 1. The van der Waals surface area contributed by atoms with E-state index in [1.54, 1.807) is 13.1 Å². The lowest BCUT2D eigenvalue weighted by molar-refractivity contribution is 0.0747. The van der Waals surface area contributed by atoms with Crippen LogP contribution in [0.2, 0.25) is 0 Å². The molecule has 0 bridgehead atoms. The monoisotopic (exact) mass is 429 g/mol. The first-order chi connectivity index (χ1) is 15.6. The summed E-state index contributed by atoms with van der Waals surface area (Å²) in [5.74, 6) is 2.43. The molecule has 162 valence electrons. The van der Waals surface area contributed by atoms with Crippen LogP contribution in [-0.4, -0.2) is 52.1 Å². The van der Waals surface area contributed by atoms with E-state index in [0.717, 1.165) is 35.7 Å². The van der Waals surface area contributed by atoms with Gasteiger partial charge in [-0.25, -0.2) is 4.98 Å². The van der Waals surface area contributed by atoms with Crippen molar-refractivity contribution in [1.82, 2.24) is 20.0 Å². The average molecular weight is 429 g/mol. The van der Waals surface area contributed by atoms with Crippen LogP contribution >= 0.6 is 0 Å². The normalized spacial score (nSPS) is 14.1. The summed E-state index contributed by atoms with van der Waals surface area (Å²) in [6.45, 7) is 6.45. The van der Waals surface area contributed by atoms with E-state index in [4.69, 9.17) is 8.94 Å². The van der Waals surface area contributed by atoms with Crippen molar-refractivity contribution in [3.8, 4) is 22.7 Å². The SMILES string of the molecule is Cc1nc(-c2cccc(C(=O)N3CCN(c4ccc(-c5cnc(C)o5)cc4)CC3)c2)no1. The Bertz CT molecular complexity index is 1240. The van der Waals surface area contributed by atoms with Gasteiger partial charge in [-0.1, -0.05) is 17.3 Å². The number of aromatic nitrogens is 3. The zero-order valence-corrected chi connectivity index (χ0v) is 18.0. The number of hydrogen-bond acceptors (Lipinski definition) is 7. The largest absolute Gasteiger partial charge is 0.441 e. The molecule has 32 heavy (non-hydrogen) atoms. The van der Waals surface area contributed by atoms with Crippen molar-refractivity contribution in [2.45, 2.75) is 13.8 Å². The third-order valence-electron chi connectivity index (χ3n) is 5.60. The molecule has 0 spiro atoms. The number of carbonyl (C=O) groups is 1. The zero-order chi connectivity index (χ0) is 22.1. The van der Waals surface area contributed by atoms with Crippen LogP contribution in [0.15, 0.2) is 63.7 Å². The number of nitrogens with zero attached hydrogens (tertiary/aromatic N) is 5. The van der Waals surface area contributed by atoms with Crippen molar-refractivity contribution in [1.29, 1.82) is 0 Å². The zero-order valence-electron chi connectivity index (χ0n) is 18.0. The molecule has 2 aromatic heterocycles. The molecule has 1 amide bonds. The second kappa shape index (κ2) is 8.30. The highest BCUT2D eigenvalue weighted by Gasteiger charge is 2.23. The molecule has 2 aromatic carbocycles. The van der Waals surface area contributed by atoms with Gasteiger partial charge in [0, 0.05) is 62.4 Å². The Labute approximate surface area is 185 Å². The van der Waals surface area contributed by atoms with E-state index in [9.17, 15) is 4.79 Å². The van der Waals surface area contributed by atoms with Gasteiger partial charge in [0.25, 0.3) is 5.91 Å². The number of rotatable bonds is 4. The van der Waals surface area contributed by atoms with Crippen LogP contribution in [0.5, 0.6) is 0 Å². The van der Waals surface area contributed by atoms with E-state index in [1.165, 1.54) is 0 Å². The van der Waals surface area contributed by atoms with Crippen molar-refractivity contribution in [2.24, 2.45) is 0 Å². The Balaban J connectivity index is 1.23. The maximum atomic E-state index is 13.1. The van der Waals surface area contributed by atoms with Crippen LogP contribution in [0.1, 0.15) is 22.1 Å². The van der Waals surface area contributed by atoms with Crippen LogP contribution in [0.25, 0.3) is 22.7 Å². The average Bonchev–Trinajstić information content (AvgIpc) is 3.47. The molecule has 8 nitrogen and oxygen atoms in total. The van der Waals surface area contributed by atoms with Gasteiger partial charge in [0.05, 0.1) is 6.20 Å². The van der Waals surface area contributed by atoms with Gasteiger partial charge in [0.2, 0.25) is 11.7 Å². The van der Waals surface area contributed by atoms with Crippen molar-refractivity contribution < 1.29 is 13.7 Å². The summed E-state index contributed by atoms with van der Waals surface area (Å²) < 4.78 is 10.6. The van der Waals surface area contributed by atoms with Gasteiger partial charge in [-0.05, 0) is 36.4 Å². The van der Waals surface area contributed by atoms with Crippen molar-refractivity contribution in [3.05, 3.63) is 72.1 Å². The molecule has 1 aliphatic rings. The van der Waals surface area contributed by atoms with E-state index >= 15 is 0 Å². The molecule has 4 aromatic rings. The van der Waals surface area contributed by atoms with E-state index < -0.39 is 0 Å². The molecule has 1 fully saturated rings. The lowest BCUT2D eigenvalue weighted by Gasteiger charge is -2.36. The topological polar surface area (TPSA) is 88.5 Å². The van der Waals surface area contributed by atoms with Gasteiger partial charge >= 0.3 is 0 Å². The summed E-state index contributed by atoms with van der Waals surface area (Å²) >= 11 is 0. The van der Waals surface area contributed by atoms with E-state index in [2.05, 4.69) is 32.2 Å². The molecule has 8 heteroatoms. The fourth-order valence-electron chi connectivity index (χ4n) is 3.89. The summed E-state index contributed by atoms with van der Waals surface area (Å²) in [7, 11) is 0. The molecule has 1 aliphatic heterocycles. The highest BCUT2D eigenvalue weighted by Crippen LogP contribution is 2.25. The highest BCUT2D eigenvalue weighted by molar-refractivity contribution is 5.95. The Morgan fingerprint density at radius 2 is 1.72 bits per heavy atom. The van der Waals surface area contributed by atoms with Gasteiger partial charge < -0.3 is 18.7 Å². The molecule has 3 heterocycles.